The summed E-state index contributed by atoms with van der Waals surface area (Å²) in [7, 11) is 0. The zero-order valence-electron chi connectivity index (χ0n) is 15.0. The molecule has 0 unspecified atom stereocenters. The Morgan fingerprint density at radius 3 is 2.85 bits per heavy atom. The summed E-state index contributed by atoms with van der Waals surface area (Å²) < 4.78 is 7.07. The molecule has 9 nitrogen and oxygen atoms in total. The topological polar surface area (TPSA) is 102 Å². The second-order valence-corrected chi connectivity index (χ2v) is 6.86. The zero-order chi connectivity index (χ0) is 18.6. The first-order valence-electron chi connectivity index (χ1n) is 9.15. The van der Waals surface area contributed by atoms with Gasteiger partial charge in [0.15, 0.2) is 0 Å². The summed E-state index contributed by atoms with van der Waals surface area (Å²) in [6.07, 6.45) is 8.01. The number of rotatable bonds is 4. The van der Waals surface area contributed by atoms with Crippen LogP contribution in [0.25, 0.3) is 0 Å². The summed E-state index contributed by atoms with van der Waals surface area (Å²) in [4.78, 5) is 35.2. The Hall–Kier alpha value is -2.81. The number of nitrogens with zero attached hydrogens (tertiary/aromatic N) is 5. The summed E-state index contributed by atoms with van der Waals surface area (Å²) in [6.45, 7) is 2.75. The van der Waals surface area contributed by atoms with E-state index in [0.717, 1.165) is 31.7 Å². The van der Waals surface area contributed by atoms with E-state index in [-0.39, 0.29) is 24.1 Å². The fourth-order valence-electron chi connectivity index (χ4n) is 3.53. The molecule has 0 aromatic carbocycles. The second kappa shape index (κ2) is 7.83. The second-order valence-electron chi connectivity index (χ2n) is 6.86. The molecule has 0 bridgehead atoms. The Labute approximate surface area is 156 Å². The zero-order valence-corrected chi connectivity index (χ0v) is 15.0. The Balaban J connectivity index is 1.46. The molecule has 0 radical (unpaired) electrons. The standard InChI is InChI=1S/C18H22N6O3/c25-17(21-9-13-2-7-27-8-3-13)16-12-23(11-14-1-4-22-24(14)16)18(26)15-10-19-5-6-20-15/h1,4-6,10,13,16H,2-3,7-9,11-12H2,(H,21,25)/t16-/m0/s1. The third kappa shape index (κ3) is 3.82. The van der Waals surface area contributed by atoms with Gasteiger partial charge in [-0.05, 0) is 24.8 Å². The highest BCUT2D eigenvalue weighted by molar-refractivity contribution is 5.92. The maximum Gasteiger partial charge on any atom is 0.274 e. The number of ether oxygens (including phenoxy) is 1. The molecule has 1 saturated heterocycles. The number of hydrogen-bond donors (Lipinski definition) is 1. The number of carbonyl (C=O) groups is 2. The molecule has 4 rings (SSSR count). The molecule has 142 valence electrons. The average molecular weight is 370 g/mol. The van der Waals surface area contributed by atoms with Crippen LogP contribution in [0.4, 0.5) is 0 Å². The van der Waals surface area contributed by atoms with Gasteiger partial charge in [-0.25, -0.2) is 4.98 Å². The number of carbonyl (C=O) groups excluding carboxylic acids is 2. The fourth-order valence-corrected chi connectivity index (χ4v) is 3.53. The van der Waals surface area contributed by atoms with Crippen LogP contribution >= 0.6 is 0 Å². The monoisotopic (exact) mass is 370 g/mol. The smallest absolute Gasteiger partial charge is 0.274 e. The molecule has 27 heavy (non-hydrogen) atoms. The molecule has 1 atom stereocenters. The molecule has 4 heterocycles. The van der Waals surface area contributed by atoms with Crippen molar-refractivity contribution in [2.75, 3.05) is 26.3 Å². The fraction of sp³-hybridized carbons (Fsp3) is 0.500. The minimum atomic E-state index is -0.552. The maximum absolute atomic E-state index is 12.8. The van der Waals surface area contributed by atoms with Crippen molar-refractivity contribution in [2.45, 2.75) is 25.4 Å². The molecular weight excluding hydrogens is 348 g/mol. The first-order valence-corrected chi connectivity index (χ1v) is 9.15. The van der Waals surface area contributed by atoms with Gasteiger partial charge in [-0.1, -0.05) is 0 Å². The highest BCUT2D eigenvalue weighted by Gasteiger charge is 2.34. The molecule has 0 saturated carbocycles. The molecule has 2 amide bonds. The number of hydrogen-bond acceptors (Lipinski definition) is 6. The van der Waals surface area contributed by atoms with Crippen molar-refractivity contribution in [2.24, 2.45) is 5.92 Å². The van der Waals surface area contributed by atoms with Gasteiger partial charge in [0, 0.05) is 38.3 Å². The van der Waals surface area contributed by atoms with Crippen LogP contribution in [0.5, 0.6) is 0 Å². The molecule has 1 fully saturated rings. The highest BCUT2D eigenvalue weighted by Crippen LogP contribution is 2.22. The molecule has 2 aliphatic rings. The van der Waals surface area contributed by atoms with Gasteiger partial charge in [0.1, 0.15) is 11.7 Å². The van der Waals surface area contributed by atoms with Gasteiger partial charge in [-0.15, -0.1) is 0 Å². The van der Waals surface area contributed by atoms with Gasteiger partial charge in [0.05, 0.1) is 25.0 Å². The number of nitrogens with one attached hydrogen (secondary N) is 1. The van der Waals surface area contributed by atoms with E-state index in [9.17, 15) is 9.59 Å². The number of fused-ring (bicyclic) bond motifs is 1. The van der Waals surface area contributed by atoms with E-state index in [4.69, 9.17) is 4.74 Å². The predicted octanol–water partition coefficient (Wildman–Crippen LogP) is 0.413. The molecule has 2 aromatic rings. The SMILES string of the molecule is O=C(NCC1CCOCC1)[C@@H]1CN(C(=O)c2cnccn2)Cc2ccnn21. The van der Waals surface area contributed by atoms with Crippen LogP contribution < -0.4 is 5.32 Å². The summed E-state index contributed by atoms with van der Waals surface area (Å²) in [5, 5.41) is 7.32. The van der Waals surface area contributed by atoms with Crippen molar-refractivity contribution in [1.29, 1.82) is 0 Å². The van der Waals surface area contributed by atoms with Crippen molar-refractivity contribution in [3.05, 3.63) is 42.2 Å². The van der Waals surface area contributed by atoms with Gasteiger partial charge in [-0.3, -0.25) is 19.3 Å². The molecule has 2 aliphatic heterocycles. The lowest BCUT2D eigenvalue weighted by Crippen LogP contribution is -2.48. The minimum absolute atomic E-state index is 0.122. The minimum Gasteiger partial charge on any atom is -0.381 e. The highest BCUT2D eigenvalue weighted by atomic mass is 16.5. The van der Waals surface area contributed by atoms with Crippen molar-refractivity contribution in [3.63, 3.8) is 0 Å². The van der Waals surface area contributed by atoms with Crippen molar-refractivity contribution >= 4 is 11.8 Å². The normalized spacial score (nSPS) is 20.1. The van der Waals surface area contributed by atoms with Crippen LogP contribution in [-0.4, -0.2) is 62.8 Å². The molecular formula is C18H22N6O3. The summed E-state index contributed by atoms with van der Waals surface area (Å²) >= 11 is 0. The van der Waals surface area contributed by atoms with E-state index >= 15 is 0 Å². The van der Waals surface area contributed by atoms with E-state index in [2.05, 4.69) is 20.4 Å². The van der Waals surface area contributed by atoms with Gasteiger partial charge in [0.2, 0.25) is 5.91 Å². The van der Waals surface area contributed by atoms with E-state index in [0.29, 0.717) is 19.0 Å². The van der Waals surface area contributed by atoms with Gasteiger partial charge < -0.3 is 15.0 Å². The third-order valence-corrected chi connectivity index (χ3v) is 5.07. The average Bonchev–Trinajstić information content (AvgIpc) is 3.21. The van der Waals surface area contributed by atoms with Crippen LogP contribution in [0.15, 0.2) is 30.9 Å². The number of aromatic nitrogens is 4. The lowest BCUT2D eigenvalue weighted by molar-refractivity contribution is -0.126. The van der Waals surface area contributed by atoms with Crippen LogP contribution in [0.1, 0.15) is 35.1 Å². The van der Waals surface area contributed by atoms with Gasteiger partial charge in [-0.2, -0.15) is 5.10 Å². The van der Waals surface area contributed by atoms with Crippen molar-refractivity contribution in [1.82, 2.24) is 30.0 Å². The first kappa shape index (κ1) is 17.6. The third-order valence-electron chi connectivity index (χ3n) is 5.07. The molecule has 2 aromatic heterocycles. The Morgan fingerprint density at radius 1 is 1.22 bits per heavy atom. The van der Waals surface area contributed by atoms with Crippen LogP contribution in [-0.2, 0) is 16.1 Å². The van der Waals surface area contributed by atoms with E-state index < -0.39 is 6.04 Å². The molecule has 0 aliphatic carbocycles. The van der Waals surface area contributed by atoms with Gasteiger partial charge in [0.25, 0.3) is 5.91 Å². The molecule has 0 spiro atoms. The van der Waals surface area contributed by atoms with Crippen LogP contribution in [0.3, 0.4) is 0 Å². The molecule has 1 N–H and O–H groups in total. The van der Waals surface area contributed by atoms with Crippen molar-refractivity contribution < 1.29 is 14.3 Å². The van der Waals surface area contributed by atoms with Gasteiger partial charge >= 0.3 is 0 Å². The number of amides is 2. The quantitative estimate of drug-likeness (QED) is 0.836. The van der Waals surface area contributed by atoms with Crippen LogP contribution in [0, 0.1) is 5.92 Å². The Bertz CT molecular complexity index is 802. The van der Waals surface area contributed by atoms with E-state index in [1.807, 2.05) is 6.07 Å². The predicted molar refractivity (Wildman–Crippen MR) is 94.6 cm³/mol. The van der Waals surface area contributed by atoms with Crippen molar-refractivity contribution in [3.8, 4) is 0 Å². The molecule has 9 heteroatoms. The lowest BCUT2D eigenvalue weighted by Gasteiger charge is -2.33. The van der Waals surface area contributed by atoms with E-state index in [1.165, 1.54) is 18.6 Å². The lowest BCUT2D eigenvalue weighted by atomic mass is 10.0. The summed E-state index contributed by atoms with van der Waals surface area (Å²) in [5.41, 5.74) is 1.09. The van der Waals surface area contributed by atoms with Crippen LogP contribution in [0.2, 0.25) is 0 Å². The van der Waals surface area contributed by atoms with E-state index in [1.54, 1.807) is 15.8 Å². The first-order chi connectivity index (χ1) is 13.2. The summed E-state index contributed by atoms with van der Waals surface area (Å²) in [5.74, 6) is 0.0709. The Kier molecular flexibility index (Phi) is 5.10. The largest absolute Gasteiger partial charge is 0.381 e. The maximum atomic E-state index is 12.8. The summed E-state index contributed by atoms with van der Waals surface area (Å²) in [6, 6.07) is 1.28. The Morgan fingerprint density at radius 2 is 2.07 bits per heavy atom.